The molecule has 0 fully saturated rings. The highest BCUT2D eigenvalue weighted by atomic mass is 16.3. The van der Waals surface area contributed by atoms with Crippen molar-refractivity contribution in [2.24, 2.45) is 5.10 Å². The molecule has 0 aromatic heterocycles. The maximum absolute atomic E-state index is 11.9. The van der Waals surface area contributed by atoms with E-state index in [1.807, 2.05) is 45.0 Å². The van der Waals surface area contributed by atoms with Gasteiger partial charge in [0.15, 0.2) is 6.10 Å². The fourth-order valence-electron chi connectivity index (χ4n) is 2.02. The average Bonchev–Trinajstić information content (AvgIpc) is 2.54. The number of hydrogen-bond donors (Lipinski definition) is 2. The lowest BCUT2D eigenvalue weighted by Crippen LogP contribution is -2.26. The summed E-state index contributed by atoms with van der Waals surface area (Å²) >= 11 is 0. The first kappa shape index (κ1) is 15.9. The summed E-state index contributed by atoms with van der Waals surface area (Å²) in [6.45, 7) is 5.90. The van der Waals surface area contributed by atoms with Gasteiger partial charge in [-0.1, -0.05) is 42.5 Å². The second-order valence-electron chi connectivity index (χ2n) is 5.29. The molecule has 0 aliphatic heterocycles. The van der Waals surface area contributed by atoms with Gasteiger partial charge in [0.2, 0.25) is 0 Å². The van der Waals surface area contributed by atoms with Gasteiger partial charge in [-0.25, -0.2) is 5.43 Å². The van der Waals surface area contributed by atoms with E-state index >= 15 is 0 Å². The monoisotopic (exact) mass is 296 g/mol. The molecule has 0 spiro atoms. The maximum atomic E-state index is 11.9. The molecule has 0 heterocycles. The number of aliphatic hydroxyl groups excluding tert-OH is 1. The van der Waals surface area contributed by atoms with E-state index in [0.29, 0.717) is 11.3 Å². The summed E-state index contributed by atoms with van der Waals surface area (Å²) < 4.78 is 0. The molecule has 2 aromatic rings. The van der Waals surface area contributed by atoms with Crippen LogP contribution in [0.4, 0.5) is 0 Å². The van der Waals surface area contributed by atoms with Crippen molar-refractivity contribution in [3.05, 3.63) is 70.8 Å². The van der Waals surface area contributed by atoms with E-state index in [9.17, 15) is 9.90 Å². The molecule has 0 aliphatic carbocycles. The van der Waals surface area contributed by atoms with Gasteiger partial charge in [0.25, 0.3) is 5.91 Å². The van der Waals surface area contributed by atoms with Crippen molar-refractivity contribution in [2.45, 2.75) is 26.9 Å². The molecule has 22 heavy (non-hydrogen) atoms. The van der Waals surface area contributed by atoms with Crippen LogP contribution in [-0.4, -0.2) is 16.7 Å². The van der Waals surface area contributed by atoms with Crippen LogP contribution in [0.2, 0.25) is 0 Å². The van der Waals surface area contributed by atoms with Gasteiger partial charge in [0.05, 0.1) is 5.71 Å². The summed E-state index contributed by atoms with van der Waals surface area (Å²) in [5, 5.41) is 14.0. The highest BCUT2D eigenvalue weighted by molar-refractivity contribution is 5.99. The van der Waals surface area contributed by atoms with Crippen LogP contribution >= 0.6 is 0 Å². The van der Waals surface area contributed by atoms with Crippen LogP contribution in [0.5, 0.6) is 0 Å². The largest absolute Gasteiger partial charge is 0.378 e. The van der Waals surface area contributed by atoms with Crippen LogP contribution in [-0.2, 0) is 4.79 Å². The first-order valence-corrected chi connectivity index (χ1v) is 7.14. The molecule has 1 atom stereocenters. The van der Waals surface area contributed by atoms with Crippen LogP contribution in [0.1, 0.15) is 35.3 Å². The van der Waals surface area contributed by atoms with Crippen LogP contribution in [0.25, 0.3) is 0 Å². The summed E-state index contributed by atoms with van der Waals surface area (Å²) in [4.78, 5) is 11.9. The predicted octanol–water partition coefficient (Wildman–Crippen LogP) is 2.88. The molecule has 0 aliphatic rings. The zero-order chi connectivity index (χ0) is 16.1. The van der Waals surface area contributed by atoms with Crippen LogP contribution in [0.15, 0.2) is 53.6 Å². The number of benzene rings is 2. The standard InChI is InChI=1S/C18H20N2O2/c1-12-9-10-16(11-13(12)2)14(3)19-20-18(22)17(21)15-7-5-4-6-8-15/h4-11,17,21H,1-3H3,(H,20,22)/b19-14-/t17-/m1/s1. The van der Waals surface area contributed by atoms with E-state index in [2.05, 4.69) is 10.5 Å². The minimum absolute atomic E-state index is 0.541. The van der Waals surface area contributed by atoms with E-state index in [4.69, 9.17) is 0 Å². The van der Waals surface area contributed by atoms with Crippen molar-refractivity contribution in [2.75, 3.05) is 0 Å². The second kappa shape index (κ2) is 7.00. The maximum Gasteiger partial charge on any atom is 0.273 e. The number of aryl methyl sites for hydroxylation is 2. The molecular formula is C18H20N2O2. The number of carbonyl (C=O) groups is 1. The summed E-state index contributed by atoms with van der Waals surface area (Å²) in [6.07, 6.45) is -1.22. The molecule has 0 saturated carbocycles. The lowest BCUT2D eigenvalue weighted by atomic mass is 10.0. The number of carbonyl (C=O) groups excluding carboxylic acids is 1. The Hall–Kier alpha value is -2.46. The van der Waals surface area contributed by atoms with Crippen LogP contribution in [0.3, 0.4) is 0 Å². The molecule has 1 amide bonds. The van der Waals surface area contributed by atoms with Gasteiger partial charge in [-0.3, -0.25) is 4.79 Å². The normalized spacial score (nSPS) is 12.8. The fraction of sp³-hybridized carbons (Fsp3) is 0.222. The number of aliphatic hydroxyl groups is 1. The average molecular weight is 296 g/mol. The Kier molecular flexibility index (Phi) is 5.07. The SMILES string of the molecule is C/C(=N/NC(=O)[C@H](O)c1ccccc1)c1ccc(C)c(C)c1. The Labute approximate surface area is 130 Å². The highest BCUT2D eigenvalue weighted by Gasteiger charge is 2.16. The van der Waals surface area contributed by atoms with Crippen molar-refractivity contribution in [1.82, 2.24) is 5.43 Å². The molecule has 0 unspecified atom stereocenters. The zero-order valence-electron chi connectivity index (χ0n) is 13.0. The second-order valence-corrected chi connectivity index (χ2v) is 5.29. The van der Waals surface area contributed by atoms with Gasteiger partial charge in [-0.2, -0.15) is 5.10 Å². The smallest absolute Gasteiger partial charge is 0.273 e. The molecule has 4 heteroatoms. The molecular weight excluding hydrogens is 276 g/mol. The quantitative estimate of drug-likeness (QED) is 0.673. The van der Waals surface area contributed by atoms with E-state index in [0.717, 1.165) is 5.56 Å². The van der Waals surface area contributed by atoms with Crippen LogP contribution < -0.4 is 5.43 Å². The van der Waals surface area contributed by atoms with E-state index < -0.39 is 12.0 Å². The Balaban J connectivity index is 2.07. The van der Waals surface area contributed by atoms with Crippen LogP contribution in [0, 0.1) is 13.8 Å². The summed E-state index contributed by atoms with van der Waals surface area (Å²) in [5.41, 5.74) is 6.96. The lowest BCUT2D eigenvalue weighted by Gasteiger charge is -2.10. The summed E-state index contributed by atoms with van der Waals surface area (Å²) in [5.74, 6) is -0.547. The van der Waals surface area contributed by atoms with Gasteiger partial charge in [-0.15, -0.1) is 0 Å². The zero-order valence-corrected chi connectivity index (χ0v) is 13.0. The van der Waals surface area contributed by atoms with Crippen molar-refractivity contribution in [3.63, 3.8) is 0 Å². The minimum Gasteiger partial charge on any atom is -0.378 e. The van der Waals surface area contributed by atoms with Gasteiger partial charge in [0.1, 0.15) is 0 Å². The van der Waals surface area contributed by atoms with Gasteiger partial charge in [-0.05, 0) is 49.1 Å². The number of hydrogen-bond acceptors (Lipinski definition) is 3. The van der Waals surface area contributed by atoms with Gasteiger partial charge in [0, 0.05) is 0 Å². The number of rotatable bonds is 4. The van der Waals surface area contributed by atoms with Crippen molar-refractivity contribution < 1.29 is 9.90 Å². The molecule has 4 nitrogen and oxygen atoms in total. The molecule has 0 bridgehead atoms. The molecule has 0 radical (unpaired) electrons. The van der Waals surface area contributed by atoms with Gasteiger partial charge >= 0.3 is 0 Å². The number of nitrogens with one attached hydrogen (secondary N) is 1. The third-order valence-electron chi connectivity index (χ3n) is 3.62. The minimum atomic E-state index is -1.22. The Morgan fingerprint density at radius 1 is 1.09 bits per heavy atom. The highest BCUT2D eigenvalue weighted by Crippen LogP contribution is 2.13. The first-order valence-electron chi connectivity index (χ1n) is 7.14. The third-order valence-corrected chi connectivity index (χ3v) is 3.62. The molecule has 2 N–H and O–H groups in total. The molecule has 2 aromatic carbocycles. The number of hydrazone groups is 1. The van der Waals surface area contributed by atoms with E-state index in [-0.39, 0.29) is 0 Å². The topological polar surface area (TPSA) is 61.7 Å². The molecule has 114 valence electrons. The first-order chi connectivity index (χ1) is 10.5. The summed E-state index contributed by atoms with van der Waals surface area (Å²) in [7, 11) is 0. The molecule has 0 saturated heterocycles. The van der Waals surface area contributed by atoms with E-state index in [1.54, 1.807) is 24.3 Å². The van der Waals surface area contributed by atoms with Crippen molar-refractivity contribution in [3.8, 4) is 0 Å². The molecule has 2 rings (SSSR count). The van der Waals surface area contributed by atoms with Crippen molar-refractivity contribution >= 4 is 11.6 Å². The summed E-state index contributed by atoms with van der Waals surface area (Å²) in [6, 6.07) is 14.8. The number of amides is 1. The Morgan fingerprint density at radius 3 is 2.41 bits per heavy atom. The fourth-order valence-corrected chi connectivity index (χ4v) is 2.02. The third kappa shape index (κ3) is 3.80. The Morgan fingerprint density at radius 2 is 1.77 bits per heavy atom. The van der Waals surface area contributed by atoms with Gasteiger partial charge < -0.3 is 5.11 Å². The van der Waals surface area contributed by atoms with Crippen molar-refractivity contribution in [1.29, 1.82) is 0 Å². The number of nitrogens with zero attached hydrogens (tertiary/aromatic N) is 1. The predicted molar refractivity (Wildman–Crippen MR) is 87.7 cm³/mol. The van der Waals surface area contributed by atoms with E-state index in [1.165, 1.54) is 11.1 Å². The lowest BCUT2D eigenvalue weighted by molar-refractivity contribution is -0.129. The Bertz CT molecular complexity index is 693.